The molecule has 0 bridgehead atoms. The van der Waals surface area contributed by atoms with Gasteiger partial charge in [-0.1, -0.05) is 12.1 Å². The molecule has 0 unspecified atom stereocenters. The van der Waals surface area contributed by atoms with Crippen molar-refractivity contribution in [2.75, 3.05) is 5.32 Å². The molecule has 3 aromatic rings. The number of benzene rings is 2. The Labute approximate surface area is 164 Å². The Morgan fingerprint density at radius 2 is 1.62 bits per heavy atom. The van der Waals surface area contributed by atoms with E-state index in [0.717, 1.165) is 12.1 Å². The average Bonchev–Trinajstić information content (AvgIpc) is 2.68. The molecule has 0 fully saturated rings. The van der Waals surface area contributed by atoms with Crippen LogP contribution < -0.4 is 10.1 Å². The molecule has 2 aromatic carbocycles. The number of hydrogen-bond donors (Lipinski definition) is 1. The van der Waals surface area contributed by atoms with Gasteiger partial charge in [0.25, 0.3) is 5.91 Å². The van der Waals surface area contributed by atoms with Crippen molar-refractivity contribution in [3.63, 3.8) is 0 Å². The smallest absolute Gasteiger partial charge is 0.416 e. The third kappa shape index (κ3) is 4.98. The number of ether oxygens (including phenoxy) is 1. The number of amides is 1. The van der Waals surface area contributed by atoms with Crippen molar-refractivity contribution in [1.29, 1.82) is 0 Å². The van der Waals surface area contributed by atoms with Gasteiger partial charge in [0.2, 0.25) is 0 Å². The number of pyridine rings is 1. The zero-order chi connectivity index (χ0) is 21.0. The lowest BCUT2D eigenvalue weighted by Gasteiger charge is -2.11. The van der Waals surface area contributed by atoms with Crippen LogP contribution in [0.25, 0.3) is 11.3 Å². The molecular weight excluding hydrogens is 385 g/mol. The van der Waals surface area contributed by atoms with Gasteiger partial charge in [0.1, 0.15) is 5.75 Å². The Balaban J connectivity index is 1.83. The summed E-state index contributed by atoms with van der Waals surface area (Å²) in [4.78, 5) is 27.8. The highest BCUT2D eigenvalue weighted by Crippen LogP contribution is 2.31. The highest BCUT2D eigenvalue weighted by molar-refractivity contribution is 6.08. The number of anilines is 1. The molecule has 0 saturated carbocycles. The molecular formula is C21H15F3N2O3. The van der Waals surface area contributed by atoms with Crippen LogP contribution in [0.4, 0.5) is 18.9 Å². The number of halogens is 3. The van der Waals surface area contributed by atoms with Gasteiger partial charge in [0, 0.05) is 24.4 Å². The quantitative estimate of drug-likeness (QED) is 0.497. The molecule has 0 spiro atoms. The minimum Gasteiger partial charge on any atom is -0.427 e. The third-order valence-corrected chi connectivity index (χ3v) is 3.91. The zero-order valence-corrected chi connectivity index (χ0v) is 15.2. The fourth-order valence-electron chi connectivity index (χ4n) is 2.61. The summed E-state index contributed by atoms with van der Waals surface area (Å²) in [7, 11) is 0. The Morgan fingerprint density at radius 1 is 0.966 bits per heavy atom. The van der Waals surface area contributed by atoms with E-state index in [4.69, 9.17) is 4.74 Å². The van der Waals surface area contributed by atoms with Crippen LogP contribution in [-0.4, -0.2) is 16.9 Å². The number of carbonyl (C=O) groups is 2. The second-order valence-corrected chi connectivity index (χ2v) is 6.05. The first kappa shape index (κ1) is 20.1. The molecule has 0 aliphatic rings. The van der Waals surface area contributed by atoms with Gasteiger partial charge in [-0.05, 0) is 48.5 Å². The third-order valence-electron chi connectivity index (χ3n) is 3.91. The van der Waals surface area contributed by atoms with Gasteiger partial charge in [0.15, 0.2) is 0 Å². The van der Waals surface area contributed by atoms with Crippen molar-refractivity contribution >= 4 is 17.6 Å². The van der Waals surface area contributed by atoms with Crippen LogP contribution in [-0.2, 0) is 11.0 Å². The molecule has 3 rings (SSSR count). The molecule has 29 heavy (non-hydrogen) atoms. The molecule has 1 aromatic heterocycles. The number of carbonyl (C=O) groups excluding carboxylic acids is 2. The number of esters is 1. The van der Waals surface area contributed by atoms with E-state index in [1.165, 1.54) is 43.5 Å². The van der Waals surface area contributed by atoms with Gasteiger partial charge in [-0.2, -0.15) is 13.2 Å². The van der Waals surface area contributed by atoms with Crippen LogP contribution in [0.2, 0.25) is 0 Å². The van der Waals surface area contributed by atoms with Crippen LogP contribution in [0.3, 0.4) is 0 Å². The minimum absolute atomic E-state index is 0.205. The van der Waals surface area contributed by atoms with E-state index in [0.29, 0.717) is 17.0 Å². The molecule has 1 N–H and O–H groups in total. The maximum Gasteiger partial charge on any atom is 0.416 e. The molecule has 148 valence electrons. The minimum atomic E-state index is -4.44. The van der Waals surface area contributed by atoms with Crippen molar-refractivity contribution in [1.82, 2.24) is 4.98 Å². The number of aromatic nitrogens is 1. The summed E-state index contributed by atoms with van der Waals surface area (Å²) in [5.41, 5.74) is 0.518. The van der Waals surface area contributed by atoms with Gasteiger partial charge in [-0.15, -0.1) is 0 Å². The molecule has 1 amide bonds. The van der Waals surface area contributed by atoms with E-state index < -0.39 is 23.6 Å². The SMILES string of the molecule is CC(=O)Oc1ccc(NC(=O)c2cccnc2-c2ccc(C(F)(F)F)cc2)cc1. The van der Waals surface area contributed by atoms with Crippen LogP contribution in [0.15, 0.2) is 66.9 Å². The van der Waals surface area contributed by atoms with Crippen LogP contribution in [0.5, 0.6) is 5.75 Å². The van der Waals surface area contributed by atoms with Gasteiger partial charge in [-0.3, -0.25) is 14.6 Å². The molecule has 8 heteroatoms. The normalized spacial score (nSPS) is 11.0. The lowest BCUT2D eigenvalue weighted by atomic mass is 10.0. The second-order valence-electron chi connectivity index (χ2n) is 6.05. The second kappa shape index (κ2) is 8.14. The van der Waals surface area contributed by atoms with Crippen molar-refractivity contribution in [2.45, 2.75) is 13.1 Å². The maximum atomic E-state index is 12.8. The van der Waals surface area contributed by atoms with Crippen LogP contribution >= 0.6 is 0 Å². The lowest BCUT2D eigenvalue weighted by molar-refractivity contribution is -0.137. The Morgan fingerprint density at radius 3 is 2.21 bits per heavy atom. The van der Waals surface area contributed by atoms with E-state index in [2.05, 4.69) is 10.3 Å². The monoisotopic (exact) mass is 400 g/mol. The Kier molecular flexibility index (Phi) is 5.63. The molecule has 1 heterocycles. The van der Waals surface area contributed by atoms with E-state index in [1.54, 1.807) is 18.2 Å². The summed E-state index contributed by atoms with van der Waals surface area (Å²) in [6, 6.07) is 13.7. The molecule has 0 saturated heterocycles. The number of alkyl halides is 3. The summed E-state index contributed by atoms with van der Waals surface area (Å²) < 4.78 is 43.2. The molecule has 0 atom stereocenters. The van der Waals surface area contributed by atoms with Gasteiger partial charge in [-0.25, -0.2) is 0 Å². The fraction of sp³-hybridized carbons (Fsp3) is 0.0952. The van der Waals surface area contributed by atoms with E-state index in [-0.39, 0.29) is 11.3 Å². The largest absolute Gasteiger partial charge is 0.427 e. The molecule has 0 aliphatic heterocycles. The van der Waals surface area contributed by atoms with Gasteiger partial charge >= 0.3 is 12.1 Å². The summed E-state index contributed by atoms with van der Waals surface area (Å²) in [5, 5.41) is 2.69. The van der Waals surface area contributed by atoms with Gasteiger partial charge < -0.3 is 10.1 Å². The Bertz CT molecular complexity index is 1030. The number of hydrogen-bond acceptors (Lipinski definition) is 4. The standard InChI is InChI=1S/C21H15F3N2O3/c1-13(27)29-17-10-8-16(9-11-17)26-20(28)18-3-2-12-25-19(18)14-4-6-15(7-5-14)21(22,23)24/h2-12H,1H3,(H,26,28). The van der Waals surface area contributed by atoms with Crippen molar-refractivity contribution in [3.8, 4) is 17.0 Å². The topological polar surface area (TPSA) is 68.3 Å². The first-order valence-electron chi connectivity index (χ1n) is 8.46. The summed E-state index contributed by atoms with van der Waals surface area (Å²) >= 11 is 0. The fourth-order valence-corrected chi connectivity index (χ4v) is 2.61. The van der Waals surface area contributed by atoms with Crippen molar-refractivity contribution in [2.24, 2.45) is 0 Å². The molecule has 0 aliphatic carbocycles. The highest BCUT2D eigenvalue weighted by atomic mass is 19.4. The van der Waals surface area contributed by atoms with Crippen molar-refractivity contribution < 1.29 is 27.5 Å². The zero-order valence-electron chi connectivity index (χ0n) is 15.2. The van der Waals surface area contributed by atoms with Crippen LogP contribution in [0, 0.1) is 0 Å². The lowest BCUT2D eigenvalue weighted by Crippen LogP contribution is -2.14. The van der Waals surface area contributed by atoms with E-state index in [9.17, 15) is 22.8 Å². The predicted molar refractivity (Wildman–Crippen MR) is 100 cm³/mol. The average molecular weight is 400 g/mol. The number of rotatable bonds is 4. The molecule has 0 radical (unpaired) electrons. The number of nitrogens with one attached hydrogen (secondary N) is 1. The summed E-state index contributed by atoms with van der Waals surface area (Å²) in [6.45, 7) is 1.28. The highest BCUT2D eigenvalue weighted by Gasteiger charge is 2.30. The predicted octanol–water partition coefficient (Wildman–Crippen LogP) is 4.95. The van der Waals surface area contributed by atoms with Crippen molar-refractivity contribution in [3.05, 3.63) is 78.0 Å². The first-order chi connectivity index (χ1) is 13.7. The van der Waals surface area contributed by atoms with Gasteiger partial charge in [0.05, 0.1) is 16.8 Å². The Hall–Kier alpha value is -3.68. The maximum absolute atomic E-state index is 12.8. The summed E-state index contributed by atoms with van der Waals surface area (Å²) in [5.74, 6) is -0.603. The van der Waals surface area contributed by atoms with Crippen LogP contribution in [0.1, 0.15) is 22.8 Å². The van der Waals surface area contributed by atoms with E-state index in [1.807, 2.05) is 0 Å². The molecule has 5 nitrogen and oxygen atoms in total. The first-order valence-corrected chi connectivity index (χ1v) is 8.46. The summed E-state index contributed by atoms with van der Waals surface area (Å²) in [6.07, 6.45) is -2.99. The van der Waals surface area contributed by atoms with E-state index >= 15 is 0 Å². The number of nitrogens with zero attached hydrogens (tertiary/aromatic N) is 1.